The Balaban J connectivity index is 1.90. The Morgan fingerprint density at radius 1 is 1.20 bits per heavy atom. The van der Waals surface area contributed by atoms with E-state index in [2.05, 4.69) is 30.1 Å². The third-order valence-electron chi connectivity index (χ3n) is 4.23. The maximum absolute atomic E-state index is 12.1. The van der Waals surface area contributed by atoms with Crippen LogP contribution in [0.25, 0.3) is 21.6 Å². The van der Waals surface area contributed by atoms with Crippen LogP contribution in [0, 0.1) is 6.57 Å². The molecule has 30 heavy (non-hydrogen) atoms. The molecular weight excluding hydrogens is 386 g/mol. The van der Waals surface area contributed by atoms with Gasteiger partial charge in [0.1, 0.15) is 11.3 Å². The van der Waals surface area contributed by atoms with Crippen LogP contribution in [0.2, 0.25) is 0 Å². The van der Waals surface area contributed by atoms with E-state index in [-0.39, 0.29) is 34.5 Å². The number of aromatic hydroxyl groups is 1. The Hall–Kier alpha value is -4.65. The summed E-state index contributed by atoms with van der Waals surface area (Å²) >= 11 is 0. The molecule has 0 saturated heterocycles. The molecule has 4 rings (SSSR count). The number of methoxy groups -OCH3 is 1. The SMILES string of the molecule is [C-]#[N+]c1cnn(-c2ncccn2)c1/N=N/c1c(O)c(C(=O)OC)cc2ccccc12. The minimum absolute atomic E-state index is 0.0459. The summed E-state index contributed by atoms with van der Waals surface area (Å²) in [5.74, 6) is -0.795. The molecule has 1 N–H and O–H groups in total. The predicted molar refractivity (Wildman–Crippen MR) is 107 cm³/mol. The predicted octanol–water partition coefficient (Wildman–Crippen LogP) is 4.27. The molecule has 10 heteroatoms. The number of hydrogen-bond acceptors (Lipinski definition) is 8. The van der Waals surface area contributed by atoms with Crippen LogP contribution in [-0.4, -0.2) is 37.9 Å². The van der Waals surface area contributed by atoms with Crippen molar-refractivity contribution in [3.8, 4) is 11.7 Å². The van der Waals surface area contributed by atoms with Crippen molar-refractivity contribution < 1.29 is 14.6 Å². The van der Waals surface area contributed by atoms with Crippen molar-refractivity contribution in [3.63, 3.8) is 0 Å². The second-order valence-electron chi connectivity index (χ2n) is 5.96. The van der Waals surface area contributed by atoms with Crippen LogP contribution in [0.1, 0.15) is 10.4 Å². The lowest BCUT2D eigenvalue weighted by Crippen LogP contribution is -2.02. The summed E-state index contributed by atoms with van der Waals surface area (Å²) in [7, 11) is 1.22. The summed E-state index contributed by atoms with van der Waals surface area (Å²) in [6.45, 7) is 7.35. The van der Waals surface area contributed by atoms with Gasteiger partial charge in [-0.1, -0.05) is 24.3 Å². The number of benzene rings is 2. The van der Waals surface area contributed by atoms with Gasteiger partial charge >= 0.3 is 5.97 Å². The van der Waals surface area contributed by atoms with E-state index in [9.17, 15) is 9.90 Å². The molecule has 2 aromatic carbocycles. The van der Waals surface area contributed by atoms with Crippen LogP contribution >= 0.6 is 0 Å². The number of rotatable bonds is 4. The van der Waals surface area contributed by atoms with E-state index in [4.69, 9.17) is 11.3 Å². The molecule has 2 aromatic heterocycles. The molecule has 0 atom stereocenters. The third kappa shape index (κ3) is 3.20. The van der Waals surface area contributed by atoms with E-state index in [1.807, 2.05) is 0 Å². The molecule has 0 aliphatic rings. The van der Waals surface area contributed by atoms with Gasteiger partial charge in [-0.3, -0.25) is 0 Å². The lowest BCUT2D eigenvalue weighted by molar-refractivity contribution is 0.0597. The number of ether oxygens (including phenoxy) is 1. The Morgan fingerprint density at radius 3 is 2.70 bits per heavy atom. The van der Waals surface area contributed by atoms with Crippen LogP contribution in [0.15, 0.2) is 65.2 Å². The molecule has 146 valence electrons. The number of aromatic nitrogens is 4. The molecule has 4 aromatic rings. The fourth-order valence-electron chi connectivity index (χ4n) is 2.83. The number of nitrogens with zero attached hydrogens (tertiary/aromatic N) is 7. The lowest BCUT2D eigenvalue weighted by Gasteiger charge is -2.09. The zero-order chi connectivity index (χ0) is 21.1. The highest BCUT2D eigenvalue weighted by Gasteiger charge is 2.20. The van der Waals surface area contributed by atoms with Crippen molar-refractivity contribution in [2.45, 2.75) is 0 Å². The van der Waals surface area contributed by atoms with Crippen molar-refractivity contribution in [3.05, 3.63) is 72.0 Å². The molecule has 0 saturated carbocycles. The Labute approximate surface area is 169 Å². The quantitative estimate of drug-likeness (QED) is 0.311. The first kappa shape index (κ1) is 18.7. The Morgan fingerprint density at radius 2 is 1.97 bits per heavy atom. The second kappa shape index (κ2) is 7.76. The van der Waals surface area contributed by atoms with Gasteiger partial charge < -0.3 is 9.84 Å². The first-order valence-electron chi connectivity index (χ1n) is 8.61. The van der Waals surface area contributed by atoms with E-state index in [0.717, 1.165) is 0 Å². The van der Waals surface area contributed by atoms with E-state index >= 15 is 0 Å². The first-order valence-corrected chi connectivity index (χ1v) is 8.61. The van der Waals surface area contributed by atoms with Crippen molar-refractivity contribution in [2.24, 2.45) is 10.2 Å². The van der Waals surface area contributed by atoms with Crippen molar-refractivity contribution >= 4 is 33.9 Å². The van der Waals surface area contributed by atoms with E-state index < -0.39 is 5.97 Å². The second-order valence-corrected chi connectivity index (χ2v) is 5.96. The largest absolute Gasteiger partial charge is 0.505 e. The number of esters is 1. The highest BCUT2D eigenvalue weighted by atomic mass is 16.5. The minimum atomic E-state index is -0.709. The molecule has 0 aliphatic heterocycles. The zero-order valence-corrected chi connectivity index (χ0v) is 15.6. The summed E-state index contributed by atoms with van der Waals surface area (Å²) in [6.07, 6.45) is 4.38. The summed E-state index contributed by atoms with van der Waals surface area (Å²) in [6, 6.07) is 10.2. The van der Waals surface area contributed by atoms with Crippen molar-refractivity contribution in [1.29, 1.82) is 0 Å². The summed E-state index contributed by atoms with van der Waals surface area (Å²) in [5.41, 5.74) is 0.140. The van der Waals surface area contributed by atoms with Crippen LogP contribution in [0.3, 0.4) is 0 Å². The number of azo groups is 1. The fourth-order valence-corrected chi connectivity index (χ4v) is 2.83. The molecule has 0 bridgehead atoms. The molecule has 0 unspecified atom stereocenters. The van der Waals surface area contributed by atoms with Gasteiger partial charge in [0.25, 0.3) is 11.6 Å². The molecule has 10 nitrogen and oxygen atoms in total. The molecule has 0 aliphatic carbocycles. The molecule has 0 fully saturated rings. The summed E-state index contributed by atoms with van der Waals surface area (Å²) < 4.78 is 6.01. The number of phenols is 1. The average molecular weight is 399 g/mol. The van der Waals surface area contributed by atoms with Gasteiger partial charge in [-0.2, -0.15) is 9.78 Å². The topological polar surface area (TPSA) is 119 Å². The highest BCUT2D eigenvalue weighted by molar-refractivity contribution is 6.04. The van der Waals surface area contributed by atoms with Crippen LogP contribution in [0.5, 0.6) is 5.75 Å². The van der Waals surface area contributed by atoms with Crippen molar-refractivity contribution in [2.75, 3.05) is 7.11 Å². The standard InChI is InChI=1S/C20H13N7O3/c1-21-15-11-24-27(20-22-8-5-9-23-20)18(15)26-25-16-13-7-4-3-6-12(13)10-14(17(16)28)19(29)30-2/h3-11,28H,2H3/b26-25+. The zero-order valence-electron chi connectivity index (χ0n) is 15.6. The maximum atomic E-state index is 12.1. The van der Waals surface area contributed by atoms with Gasteiger partial charge in [0, 0.05) is 17.8 Å². The summed E-state index contributed by atoms with van der Waals surface area (Å²) in [5, 5.41) is 24.3. The van der Waals surface area contributed by atoms with Crippen LogP contribution in [-0.2, 0) is 4.74 Å². The number of phenolic OH excluding ortho intramolecular Hbond substituents is 1. The van der Waals surface area contributed by atoms with Gasteiger partial charge in [-0.15, -0.1) is 10.2 Å². The Bertz CT molecular complexity index is 1320. The van der Waals surface area contributed by atoms with Crippen molar-refractivity contribution in [1.82, 2.24) is 19.7 Å². The molecule has 0 amide bonds. The number of fused-ring (bicyclic) bond motifs is 1. The monoisotopic (exact) mass is 399 g/mol. The van der Waals surface area contributed by atoms with Gasteiger partial charge in [0.2, 0.25) is 0 Å². The average Bonchev–Trinajstić information content (AvgIpc) is 3.21. The lowest BCUT2D eigenvalue weighted by atomic mass is 10.0. The van der Waals surface area contributed by atoms with E-state index in [1.165, 1.54) is 36.4 Å². The van der Waals surface area contributed by atoms with Crippen LogP contribution < -0.4 is 0 Å². The smallest absolute Gasteiger partial charge is 0.341 e. The van der Waals surface area contributed by atoms with Crippen LogP contribution in [0.4, 0.5) is 17.2 Å². The fraction of sp³-hybridized carbons (Fsp3) is 0.0500. The number of carbonyl (C=O) groups excluding carboxylic acids is 1. The maximum Gasteiger partial charge on any atom is 0.341 e. The third-order valence-corrected chi connectivity index (χ3v) is 4.23. The number of carbonyl (C=O) groups is 1. The van der Waals surface area contributed by atoms with Gasteiger partial charge in [-0.05, 0) is 17.5 Å². The van der Waals surface area contributed by atoms with Gasteiger partial charge in [-0.25, -0.2) is 19.6 Å². The van der Waals surface area contributed by atoms with Gasteiger partial charge in [0.15, 0.2) is 11.6 Å². The number of hydrogen-bond donors (Lipinski definition) is 1. The van der Waals surface area contributed by atoms with E-state index in [0.29, 0.717) is 10.8 Å². The highest BCUT2D eigenvalue weighted by Crippen LogP contribution is 2.40. The molecular formula is C20H13N7O3. The molecule has 2 heterocycles. The summed E-state index contributed by atoms with van der Waals surface area (Å²) in [4.78, 5) is 23.7. The molecule has 0 spiro atoms. The van der Waals surface area contributed by atoms with Gasteiger partial charge in [0.05, 0.1) is 19.9 Å². The van der Waals surface area contributed by atoms with E-state index in [1.54, 1.807) is 30.3 Å². The minimum Gasteiger partial charge on any atom is -0.505 e. The molecule has 0 radical (unpaired) electrons. The Kier molecular flexibility index (Phi) is 4.84. The first-order chi connectivity index (χ1) is 14.6. The normalized spacial score (nSPS) is 10.9.